The van der Waals surface area contributed by atoms with E-state index in [1.165, 1.54) is 0 Å². The summed E-state index contributed by atoms with van der Waals surface area (Å²) in [5, 5.41) is 0. The van der Waals surface area contributed by atoms with Gasteiger partial charge in [0.25, 0.3) is 0 Å². The van der Waals surface area contributed by atoms with Crippen LogP contribution in [0, 0.1) is 0 Å². The Bertz CT molecular complexity index is 362. The van der Waals surface area contributed by atoms with Gasteiger partial charge >= 0.3 is 0 Å². The molecule has 1 aromatic heterocycles. The lowest BCUT2D eigenvalue weighted by Gasteiger charge is -1.97. The highest BCUT2D eigenvalue weighted by molar-refractivity contribution is 5.76. The fraction of sp³-hybridized carbons (Fsp3) is 0.167. The van der Waals surface area contributed by atoms with E-state index in [1.54, 1.807) is 18.6 Å². The van der Waals surface area contributed by atoms with Gasteiger partial charge in [0.2, 0.25) is 0 Å². The molecule has 1 heterocycles. The molecule has 0 aliphatic rings. The first-order valence-electron chi connectivity index (χ1n) is 4.60. The van der Waals surface area contributed by atoms with Crippen molar-refractivity contribution < 1.29 is 0 Å². The third-order valence-electron chi connectivity index (χ3n) is 1.67. The Morgan fingerprint density at radius 3 is 2.86 bits per heavy atom. The molecule has 0 radical (unpaired) electrons. The van der Waals surface area contributed by atoms with Crippen LogP contribution in [-0.2, 0) is 0 Å². The average Bonchev–Trinajstić information content (AvgIpc) is 2.21. The molecule has 2 heteroatoms. The molecule has 0 atom stereocenters. The molecule has 14 heavy (non-hydrogen) atoms. The van der Waals surface area contributed by atoms with Gasteiger partial charge < -0.3 is 0 Å². The molecule has 0 fully saturated rings. The topological polar surface area (TPSA) is 25.2 Å². The number of hydrogen-bond donors (Lipinski definition) is 0. The van der Waals surface area contributed by atoms with Crippen LogP contribution in [0.15, 0.2) is 41.7 Å². The maximum Gasteiger partial charge on any atom is 0.0884 e. The highest BCUT2D eigenvalue weighted by Crippen LogP contribution is 2.17. The summed E-state index contributed by atoms with van der Waals surface area (Å²) >= 11 is 0. The van der Waals surface area contributed by atoms with Gasteiger partial charge in [0.1, 0.15) is 0 Å². The van der Waals surface area contributed by atoms with Gasteiger partial charge in [-0.25, -0.2) is 0 Å². The lowest BCUT2D eigenvalue weighted by atomic mass is 10.2. The van der Waals surface area contributed by atoms with Crippen LogP contribution < -0.4 is 0 Å². The Morgan fingerprint density at radius 1 is 1.29 bits per heavy atom. The number of aliphatic imine (C=N–C) groups is 1. The Morgan fingerprint density at radius 2 is 2.14 bits per heavy atom. The van der Waals surface area contributed by atoms with Gasteiger partial charge in [0.15, 0.2) is 0 Å². The zero-order chi connectivity index (χ0) is 10.2. The number of allylic oxidation sites excluding steroid dienone is 3. The SMILES string of the molecule is C/C=C\C=Nc1cnccc1/C=C/C. The van der Waals surface area contributed by atoms with Crippen LogP contribution in [0.1, 0.15) is 19.4 Å². The molecular formula is C12H14N2. The van der Waals surface area contributed by atoms with E-state index in [2.05, 4.69) is 9.98 Å². The highest BCUT2D eigenvalue weighted by atomic mass is 14.8. The number of aromatic nitrogens is 1. The van der Waals surface area contributed by atoms with Crippen molar-refractivity contribution in [1.29, 1.82) is 0 Å². The molecule has 0 amide bonds. The summed E-state index contributed by atoms with van der Waals surface area (Å²) in [6.45, 7) is 3.95. The van der Waals surface area contributed by atoms with E-state index in [0.29, 0.717) is 0 Å². The van der Waals surface area contributed by atoms with Gasteiger partial charge in [-0.2, -0.15) is 0 Å². The molecule has 0 aliphatic carbocycles. The summed E-state index contributed by atoms with van der Waals surface area (Å²) in [6, 6.07) is 1.95. The van der Waals surface area contributed by atoms with Gasteiger partial charge in [0, 0.05) is 18.0 Å². The minimum absolute atomic E-state index is 0.892. The molecule has 0 bridgehead atoms. The summed E-state index contributed by atoms with van der Waals surface area (Å²) in [5.41, 5.74) is 1.98. The Labute approximate surface area is 84.7 Å². The molecule has 2 nitrogen and oxygen atoms in total. The summed E-state index contributed by atoms with van der Waals surface area (Å²) in [6.07, 6.45) is 13.1. The first-order valence-corrected chi connectivity index (χ1v) is 4.60. The van der Waals surface area contributed by atoms with Gasteiger partial charge in [-0.15, -0.1) is 0 Å². The molecule has 0 unspecified atom stereocenters. The fourth-order valence-corrected chi connectivity index (χ4v) is 1.03. The van der Waals surface area contributed by atoms with Crippen molar-refractivity contribution in [2.45, 2.75) is 13.8 Å². The Hall–Kier alpha value is -1.70. The van der Waals surface area contributed by atoms with Crippen molar-refractivity contribution in [3.05, 3.63) is 42.3 Å². The zero-order valence-corrected chi connectivity index (χ0v) is 8.51. The second kappa shape index (κ2) is 5.86. The third kappa shape index (κ3) is 2.98. The van der Waals surface area contributed by atoms with E-state index in [4.69, 9.17) is 0 Å². The van der Waals surface area contributed by atoms with Crippen LogP contribution in [0.3, 0.4) is 0 Å². The number of nitrogens with zero attached hydrogens (tertiary/aromatic N) is 2. The summed E-state index contributed by atoms with van der Waals surface area (Å²) in [7, 11) is 0. The van der Waals surface area contributed by atoms with Crippen molar-refractivity contribution in [1.82, 2.24) is 4.98 Å². The largest absolute Gasteiger partial charge is 0.262 e. The van der Waals surface area contributed by atoms with E-state index in [1.807, 2.05) is 44.2 Å². The molecule has 0 saturated carbocycles. The average molecular weight is 186 g/mol. The number of rotatable bonds is 3. The lowest BCUT2D eigenvalue weighted by Crippen LogP contribution is -1.77. The fourth-order valence-electron chi connectivity index (χ4n) is 1.03. The molecule has 1 rings (SSSR count). The zero-order valence-electron chi connectivity index (χ0n) is 8.51. The first kappa shape index (κ1) is 10.4. The minimum atomic E-state index is 0.892. The predicted molar refractivity (Wildman–Crippen MR) is 61.9 cm³/mol. The van der Waals surface area contributed by atoms with Crippen LogP contribution in [-0.4, -0.2) is 11.2 Å². The number of pyridine rings is 1. The standard InChI is InChI=1S/C12H14N2/c1-3-5-8-14-12-10-13-9-7-11(12)6-4-2/h3-10H,1-2H3/b5-3-,6-4+,14-8?. The smallest absolute Gasteiger partial charge is 0.0884 e. The monoisotopic (exact) mass is 186 g/mol. The first-order chi connectivity index (χ1) is 6.88. The summed E-state index contributed by atoms with van der Waals surface area (Å²) in [4.78, 5) is 8.32. The van der Waals surface area contributed by atoms with Crippen molar-refractivity contribution in [3.63, 3.8) is 0 Å². The van der Waals surface area contributed by atoms with Crippen LogP contribution in [0.5, 0.6) is 0 Å². The van der Waals surface area contributed by atoms with Crippen LogP contribution in [0.25, 0.3) is 6.08 Å². The van der Waals surface area contributed by atoms with Crippen molar-refractivity contribution in [2.24, 2.45) is 4.99 Å². The van der Waals surface area contributed by atoms with E-state index in [-0.39, 0.29) is 0 Å². The van der Waals surface area contributed by atoms with Gasteiger partial charge in [-0.1, -0.05) is 18.2 Å². The van der Waals surface area contributed by atoms with Crippen molar-refractivity contribution >= 4 is 18.0 Å². The van der Waals surface area contributed by atoms with Crippen molar-refractivity contribution in [3.8, 4) is 0 Å². The van der Waals surface area contributed by atoms with Gasteiger partial charge in [0.05, 0.1) is 11.9 Å². The van der Waals surface area contributed by atoms with E-state index >= 15 is 0 Å². The molecule has 0 saturated heterocycles. The molecule has 0 aliphatic heterocycles. The molecule has 0 spiro atoms. The second-order valence-corrected chi connectivity index (χ2v) is 2.74. The van der Waals surface area contributed by atoms with E-state index in [9.17, 15) is 0 Å². The maximum atomic E-state index is 4.29. The normalized spacial score (nSPS) is 12.1. The highest BCUT2D eigenvalue weighted by Gasteiger charge is 1.94. The summed E-state index contributed by atoms with van der Waals surface area (Å²) in [5.74, 6) is 0. The van der Waals surface area contributed by atoms with Gasteiger partial charge in [-0.05, 0) is 26.0 Å². The van der Waals surface area contributed by atoms with Crippen LogP contribution in [0.2, 0.25) is 0 Å². The van der Waals surface area contributed by atoms with Crippen LogP contribution >= 0.6 is 0 Å². The minimum Gasteiger partial charge on any atom is -0.262 e. The van der Waals surface area contributed by atoms with E-state index < -0.39 is 0 Å². The Balaban J connectivity index is 2.95. The van der Waals surface area contributed by atoms with Gasteiger partial charge in [-0.3, -0.25) is 9.98 Å². The maximum absolute atomic E-state index is 4.29. The molecule has 0 N–H and O–H groups in total. The number of hydrogen-bond acceptors (Lipinski definition) is 2. The van der Waals surface area contributed by atoms with E-state index in [0.717, 1.165) is 11.3 Å². The summed E-state index contributed by atoms with van der Waals surface area (Å²) < 4.78 is 0. The lowest BCUT2D eigenvalue weighted by molar-refractivity contribution is 1.30. The van der Waals surface area contributed by atoms with Crippen LogP contribution in [0.4, 0.5) is 5.69 Å². The molecular weight excluding hydrogens is 172 g/mol. The Kier molecular flexibility index (Phi) is 4.35. The quantitative estimate of drug-likeness (QED) is 0.664. The molecule has 72 valence electrons. The third-order valence-corrected chi connectivity index (χ3v) is 1.67. The molecule has 1 aromatic rings. The molecule has 0 aromatic carbocycles. The van der Waals surface area contributed by atoms with Crippen molar-refractivity contribution in [2.75, 3.05) is 0 Å². The predicted octanol–water partition coefficient (Wildman–Crippen LogP) is 3.39. The second-order valence-electron chi connectivity index (χ2n) is 2.74.